The van der Waals surface area contributed by atoms with Crippen molar-refractivity contribution < 1.29 is 9.90 Å². The molecule has 1 atom stereocenters. The lowest BCUT2D eigenvalue weighted by atomic mass is 10.1. The van der Waals surface area contributed by atoms with Crippen molar-refractivity contribution in [3.8, 4) is 0 Å². The highest BCUT2D eigenvalue weighted by Gasteiger charge is 2.20. The van der Waals surface area contributed by atoms with Crippen LogP contribution in [0.1, 0.15) is 41.9 Å². The number of pyridine rings is 1. The summed E-state index contributed by atoms with van der Waals surface area (Å²) in [5, 5.41) is 8.78. The number of hydrogen-bond acceptors (Lipinski definition) is 3. The molecule has 0 spiro atoms. The van der Waals surface area contributed by atoms with Crippen LogP contribution in [0.4, 0.5) is 0 Å². The molecule has 16 heavy (non-hydrogen) atoms. The normalized spacial score (nSPS) is 18.6. The van der Waals surface area contributed by atoms with Gasteiger partial charge in [0.05, 0.1) is 11.3 Å². The second kappa shape index (κ2) is 4.61. The first-order valence-corrected chi connectivity index (χ1v) is 5.62. The fraction of sp³-hybridized carbons (Fsp3) is 0.500. The first-order valence-electron chi connectivity index (χ1n) is 5.62. The zero-order valence-corrected chi connectivity index (χ0v) is 9.39. The van der Waals surface area contributed by atoms with E-state index in [2.05, 4.69) is 16.8 Å². The maximum atomic E-state index is 10.7. The molecule has 4 heteroatoms. The summed E-state index contributed by atoms with van der Waals surface area (Å²) < 4.78 is 0. The third-order valence-electron chi connectivity index (χ3n) is 3.15. The Balaban J connectivity index is 2.11. The molecular formula is C12H16N2O2. The third-order valence-corrected chi connectivity index (χ3v) is 3.15. The molecule has 1 saturated heterocycles. The molecule has 1 fully saturated rings. The molecule has 1 aromatic heterocycles. The molecule has 0 radical (unpaired) electrons. The van der Waals surface area contributed by atoms with Crippen molar-refractivity contribution in [2.45, 2.75) is 25.8 Å². The van der Waals surface area contributed by atoms with Gasteiger partial charge in [0.2, 0.25) is 0 Å². The van der Waals surface area contributed by atoms with Gasteiger partial charge in [0.25, 0.3) is 0 Å². The number of aromatic nitrogens is 1. The van der Waals surface area contributed by atoms with Crippen molar-refractivity contribution in [1.29, 1.82) is 0 Å². The summed E-state index contributed by atoms with van der Waals surface area (Å²) in [6.07, 6.45) is 3.93. The summed E-state index contributed by atoms with van der Waals surface area (Å²) in [5.41, 5.74) is 1.20. The lowest BCUT2D eigenvalue weighted by Gasteiger charge is -2.22. The van der Waals surface area contributed by atoms with Gasteiger partial charge in [-0.2, -0.15) is 0 Å². The Kier molecular flexibility index (Phi) is 3.19. The van der Waals surface area contributed by atoms with Gasteiger partial charge in [-0.3, -0.25) is 9.88 Å². The summed E-state index contributed by atoms with van der Waals surface area (Å²) in [4.78, 5) is 17.3. The van der Waals surface area contributed by atoms with Gasteiger partial charge in [0.15, 0.2) is 0 Å². The summed E-state index contributed by atoms with van der Waals surface area (Å²) in [7, 11) is 0. The van der Waals surface area contributed by atoms with Crippen LogP contribution in [-0.4, -0.2) is 34.0 Å². The largest absolute Gasteiger partial charge is 0.478 e. The number of rotatable bonds is 3. The van der Waals surface area contributed by atoms with Crippen LogP contribution in [0.15, 0.2) is 18.3 Å². The number of carboxylic acid groups (broad SMARTS) is 1. The zero-order chi connectivity index (χ0) is 11.5. The second-order valence-electron chi connectivity index (χ2n) is 4.20. The van der Waals surface area contributed by atoms with Crippen LogP contribution in [0.2, 0.25) is 0 Å². The summed E-state index contributed by atoms with van der Waals surface area (Å²) >= 11 is 0. The van der Waals surface area contributed by atoms with E-state index in [4.69, 9.17) is 5.11 Å². The van der Waals surface area contributed by atoms with Crippen molar-refractivity contribution in [2.75, 3.05) is 13.1 Å². The number of hydrogen-bond donors (Lipinski definition) is 1. The quantitative estimate of drug-likeness (QED) is 0.845. The highest BCUT2D eigenvalue weighted by Crippen LogP contribution is 2.22. The van der Waals surface area contributed by atoms with Crippen LogP contribution < -0.4 is 0 Å². The van der Waals surface area contributed by atoms with Crippen molar-refractivity contribution >= 4 is 5.97 Å². The fourth-order valence-corrected chi connectivity index (χ4v) is 2.09. The maximum Gasteiger partial charge on any atom is 0.337 e. The van der Waals surface area contributed by atoms with Crippen molar-refractivity contribution in [3.63, 3.8) is 0 Å². The SMILES string of the molecule is CC(c1ccc(C(=O)O)cn1)N1CCCC1. The van der Waals surface area contributed by atoms with Crippen molar-refractivity contribution in [3.05, 3.63) is 29.6 Å². The first kappa shape index (κ1) is 11.1. The topological polar surface area (TPSA) is 53.4 Å². The van der Waals surface area contributed by atoms with E-state index in [0.29, 0.717) is 0 Å². The monoisotopic (exact) mass is 220 g/mol. The van der Waals surface area contributed by atoms with E-state index in [-0.39, 0.29) is 11.6 Å². The molecule has 1 aromatic rings. The summed E-state index contributed by atoms with van der Waals surface area (Å²) in [6.45, 7) is 4.35. The van der Waals surface area contributed by atoms with Crippen LogP contribution >= 0.6 is 0 Å². The lowest BCUT2D eigenvalue weighted by Crippen LogP contribution is -2.24. The van der Waals surface area contributed by atoms with E-state index in [0.717, 1.165) is 18.8 Å². The molecule has 1 aliphatic rings. The van der Waals surface area contributed by atoms with Gasteiger partial charge in [0.1, 0.15) is 0 Å². The summed E-state index contributed by atoms with van der Waals surface area (Å²) in [5.74, 6) is -0.923. The maximum absolute atomic E-state index is 10.7. The van der Waals surface area contributed by atoms with Gasteiger partial charge >= 0.3 is 5.97 Å². The average Bonchev–Trinajstić information content (AvgIpc) is 2.81. The van der Waals surface area contributed by atoms with E-state index < -0.39 is 5.97 Å². The molecule has 0 bridgehead atoms. The number of likely N-dealkylation sites (tertiary alicyclic amines) is 1. The van der Waals surface area contributed by atoms with Gasteiger partial charge in [-0.25, -0.2) is 4.79 Å². The minimum absolute atomic E-state index is 0.248. The summed E-state index contributed by atoms with van der Waals surface area (Å²) in [6, 6.07) is 3.72. The number of carboxylic acids is 1. The molecule has 1 N–H and O–H groups in total. The molecule has 4 nitrogen and oxygen atoms in total. The molecule has 86 valence electrons. The van der Waals surface area contributed by atoms with Gasteiger partial charge in [0, 0.05) is 12.2 Å². The smallest absolute Gasteiger partial charge is 0.337 e. The predicted octanol–water partition coefficient (Wildman–Crippen LogP) is 1.94. The molecule has 0 aliphatic carbocycles. The van der Waals surface area contributed by atoms with Gasteiger partial charge in [-0.15, -0.1) is 0 Å². The first-order chi connectivity index (χ1) is 7.68. The Morgan fingerprint density at radius 1 is 1.44 bits per heavy atom. The Bertz CT molecular complexity index is 369. The Labute approximate surface area is 94.9 Å². The van der Waals surface area contributed by atoms with Crippen molar-refractivity contribution in [2.24, 2.45) is 0 Å². The van der Waals surface area contributed by atoms with Gasteiger partial charge < -0.3 is 5.11 Å². The van der Waals surface area contributed by atoms with E-state index >= 15 is 0 Å². The molecule has 2 heterocycles. The molecule has 1 unspecified atom stereocenters. The van der Waals surface area contributed by atoms with Gasteiger partial charge in [-0.1, -0.05) is 0 Å². The van der Waals surface area contributed by atoms with Crippen LogP contribution in [0, 0.1) is 0 Å². The Morgan fingerprint density at radius 3 is 2.62 bits per heavy atom. The third kappa shape index (κ3) is 2.22. The highest BCUT2D eigenvalue weighted by molar-refractivity contribution is 5.87. The molecule has 0 amide bonds. The highest BCUT2D eigenvalue weighted by atomic mass is 16.4. The van der Waals surface area contributed by atoms with Gasteiger partial charge in [-0.05, 0) is 45.0 Å². The van der Waals surface area contributed by atoms with E-state index in [9.17, 15) is 4.79 Å². The molecular weight excluding hydrogens is 204 g/mol. The van der Waals surface area contributed by atoms with Crippen molar-refractivity contribution in [1.82, 2.24) is 9.88 Å². The molecule has 2 rings (SSSR count). The molecule has 0 saturated carbocycles. The minimum atomic E-state index is -0.923. The Hall–Kier alpha value is -1.42. The number of nitrogens with zero attached hydrogens (tertiary/aromatic N) is 2. The van der Waals surface area contributed by atoms with Crippen LogP contribution in [0.5, 0.6) is 0 Å². The number of carbonyl (C=O) groups is 1. The standard InChI is InChI=1S/C12H16N2O2/c1-9(14-6-2-3-7-14)11-5-4-10(8-13-11)12(15)16/h4-5,8-9H,2-3,6-7H2,1H3,(H,15,16). The van der Waals surface area contributed by atoms with E-state index in [1.165, 1.54) is 19.0 Å². The Morgan fingerprint density at radius 2 is 2.12 bits per heavy atom. The van der Waals surface area contributed by atoms with Crippen LogP contribution in [-0.2, 0) is 0 Å². The van der Waals surface area contributed by atoms with Crippen LogP contribution in [0.25, 0.3) is 0 Å². The zero-order valence-electron chi connectivity index (χ0n) is 9.39. The minimum Gasteiger partial charge on any atom is -0.478 e. The number of aromatic carboxylic acids is 1. The molecule has 1 aliphatic heterocycles. The van der Waals surface area contributed by atoms with E-state index in [1.807, 2.05) is 6.07 Å². The lowest BCUT2D eigenvalue weighted by molar-refractivity contribution is 0.0696. The van der Waals surface area contributed by atoms with E-state index in [1.54, 1.807) is 6.07 Å². The van der Waals surface area contributed by atoms with Crippen LogP contribution in [0.3, 0.4) is 0 Å². The second-order valence-corrected chi connectivity index (χ2v) is 4.20. The fourth-order valence-electron chi connectivity index (χ4n) is 2.09. The molecule has 0 aromatic carbocycles. The average molecular weight is 220 g/mol. The predicted molar refractivity (Wildman–Crippen MR) is 60.4 cm³/mol.